The average molecular weight is 286 g/mol. The maximum atomic E-state index is 11.8. The van der Waals surface area contributed by atoms with Crippen LogP contribution in [0.5, 0.6) is 0 Å². The Morgan fingerprint density at radius 1 is 1.15 bits per heavy atom. The number of hydrogen-bond donors (Lipinski definition) is 2. The summed E-state index contributed by atoms with van der Waals surface area (Å²) in [6.07, 6.45) is 6.73. The maximum Gasteiger partial charge on any atom is 0.325 e. The smallest absolute Gasteiger partial charge is 0.325 e. The Labute approximate surface area is 124 Å². The first-order valence-corrected chi connectivity index (χ1v) is 7.12. The molecule has 1 aliphatic heterocycles. The SMILES string of the molecule is [2H]C([2H])([2H])N1CC(=O)OCCCCCCCCCC(=O)NC1=N. The van der Waals surface area contributed by atoms with Crippen molar-refractivity contribution in [1.29, 1.82) is 5.41 Å². The Morgan fingerprint density at radius 2 is 1.80 bits per heavy atom. The molecule has 1 fully saturated rings. The number of nitrogens with one attached hydrogen (secondary N) is 2. The van der Waals surface area contributed by atoms with E-state index in [9.17, 15) is 9.59 Å². The van der Waals surface area contributed by atoms with Gasteiger partial charge in [-0.1, -0.05) is 32.1 Å². The fraction of sp³-hybridized carbons (Fsp3) is 0.786. The van der Waals surface area contributed by atoms with E-state index >= 15 is 0 Å². The third-order valence-corrected chi connectivity index (χ3v) is 3.13. The first-order chi connectivity index (χ1) is 10.8. The van der Waals surface area contributed by atoms with Gasteiger partial charge in [-0.3, -0.25) is 20.3 Å². The molecule has 6 heteroatoms. The Hall–Kier alpha value is -1.59. The standard InChI is InChI=1S/C14H25N3O3/c1-17-11-13(19)20-10-8-6-4-2-3-5-7-9-12(18)16-14(17)15/h2-11H2,1H3,(H2,15,16,18)/i1D3. The van der Waals surface area contributed by atoms with Crippen LogP contribution in [0.2, 0.25) is 0 Å². The van der Waals surface area contributed by atoms with Crippen LogP contribution in [0.4, 0.5) is 0 Å². The van der Waals surface area contributed by atoms with E-state index in [-0.39, 0.29) is 13.0 Å². The summed E-state index contributed by atoms with van der Waals surface area (Å²) in [4.78, 5) is 24.1. The Morgan fingerprint density at radius 3 is 2.50 bits per heavy atom. The van der Waals surface area contributed by atoms with Crippen LogP contribution in [0.3, 0.4) is 0 Å². The van der Waals surface area contributed by atoms with Crippen LogP contribution in [-0.2, 0) is 14.3 Å². The molecular formula is C14H25N3O3. The van der Waals surface area contributed by atoms with Crippen molar-refractivity contribution < 1.29 is 18.4 Å². The van der Waals surface area contributed by atoms with Crippen LogP contribution in [-0.4, -0.2) is 42.9 Å². The highest BCUT2D eigenvalue weighted by Gasteiger charge is 2.13. The van der Waals surface area contributed by atoms with Gasteiger partial charge in [-0.2, -0.15) is 0 Å². The minimum atomic E-state index is -2.70. The third-order valence-electron chi connectivity index (χ3n) is 3.13. The number of ether oxygens (including phenoxy) is 1. The fourth-order valence-corrected chi connectivity index (χ4v) is 1.97. The number of carbonyl (C=O) groups is 2. The van der Waals surface area contributed by atoms with Gasteiger partial charge in [-0.25, -0.2) is 0 Å². The lowest BCUT2D eigenvalue weighted by Gasteiger charge is -2.19. The number of cyclic esters (lactones) is 1. The normalized spacial score (nSPS) is 24.1. The molecule has 0 aromatic carbocycles. The molecule has 6 nitrogen and oxygen atoms in total. The van der Waals surface area contributed by atoms with Gasteiger partial charge in [0, 0.05) is 17.5 Å². The molecule has 0 spiro atoms. The fourth-order valence-electron chi connectivity index (χ4n) is 1.97. The predicted molar refractivity (Wildman–Crippen MR) is 76.4 cm³/mol. The molecule has 1 heterocycles. The van der Waals surface area contributed by atoms with E-state index in [1.807, 2.05) is 0 Å². The summed E-state index contributed by atoms with van der Waals surface area (Å²) >= 11 is 0. The van der Waals surface area contributed by atoms with E-state index in [2.05, 4.69) is 5.32 Å². The van der Waals surface area contributed by atoms with Crippen LogP contribution in [0, 0.1) is 5.41 Å². The number of guanidine groups is 1. The van der Waals surface area contributed by atoms with Crippen molar-refractivity contribution in [3.05, 3.63) is 0 Å². The molecule has 2 N–H and O–H groups in total. The molecular weight excluding hydrogens is 258 g/mol. The molecule has 20 heavy (non-hydrogen) atoms. The molecule has 0 saturated carbocycles. The monoisotopic (exact) mass is 286 g/mol. The summed E-state index contributed by atoms with van der Waals surface area (Å²) in [5.41, 5.74) is 0. The molecule has 1 aliphatic rings. The molecule has 1 rings (SSSR count). The second-order valence-corrected chi connectivity index (χ2v) is 4.93. The maximum absolute atomic E-state index is 11.8. The van der Waals surface area contributed by atoms with Crippen LogP contribution < -0.4 is 5.32 Å². The summed E-state index contributed by atoms with van der Waals surface area (Å²) in [6.45, 7) is -3.04. The highest BCUT2D eigenvalue weighted by Crippen LogP contribution is 2.09. The summed E-state index contributed by atoms with van der Waals surface area (Å²) < 4.78 is 27.2. The van der Waals surface area contributed by atoms with Crippen molar-refractivity contribution in [3.8, 4) is 0 Å². The molecule has 1 saturated heterocycles. The number of likely N-dealkylation sites (N-methyl/N-ethyl adjacent to an activating group) is 1. The molecule has 0 unspecified atom stereocenters. The highest BCUT2D eigenvalue weighted by atomic mass is 16.5. The zero-order valence-corrected chi connectivity index (χ0v) is 11.7. The number of hydrogen-bond acceptors (Lipinski definition) is 4. The highest BCUT2D eigenvalue weighted by molar-refractivity contribution is 5.96. The number of esters is 1. The van der Waals surface area contributed by atoms with Crippen molar-refractivity contribution in [1.82, 2.24) is 10.2 Å². The van der Waals surface area contributed by atoms with E-state index in [0.717, 1.165) is 38.5 Å². The zero-order chi connectivity index (χ0) is 17.3. The van der Waals surface area contributed by atoms with Gasteiger partial charge in [0.25, 0.3) is 0 Å². The number of carbonyl (C=O) groups excluding carboxylic acids is 2. The van der Waals surface area contributed by atoms with E-state index in [4.69, 9.17) is 14.3 Å². The van der Waals surface area contributed by atoms with Crippen LogP contribution in [0.15, 0.2) is 0 Å². The van der Waals surface area contributed by atoms with Gasteiger partial charge in [-0.05, 0) is 12.8 Å². The third kappa shape index (κ3) is 7.11. The van der Waals surface area contributed by atoms with Crippen LogP contribution >= 0.6 is 0 Å². The van der Waals surface area contributed by atoms with Gasteiger partial charge in [0.05, 0.1) is 6.61 Å². The molecule has 0 atom stereocenters. The first-order valence-electron chi connectivity index (χ1n) is 8.62. The number of nitrogens with zero attached hydrogens (tertiary/aromatic N) is 1. The van der Waals surface area contributed by atoms with Crippen molar-refractivity contribution >= 4 is 17.8 Å². The predicted octanol–water partition coefficient (Wildman–Crippen LogP) is 1.65. The first kappa shape index (κ1) is 12.2. The minimum Gasteiger partial charge on any atom is -0.464 e. The van der Waals surface area contributed by atoms with E-state index in [0.29, 0.717) is 11.3 Å². The molecule has 0 aliphatic carbocycles. The van der Waals surface area contributed by atoms with Crippen molar-refractivity contribution in [2.45, 2.75) is 51.4 Å². The second-order valence-electron chi connectivity index (χ2n) is 4.93. The minimum absolute atomic E-state index is 0.238. The molecule has 1 amide bonds. The van der Waals surface area contributed by atoms with E-state index < -0.39 is 31.4 Å². The lowest BCUT2D eigenvalue weighted by molar-refractivity contribution is -0.144. The van der Waals surface area contributed by atoms with Crippen molar-refractivity contribution in [2.24, 2.45) is 0 Å². The number of rotatable bonds is 0. The molecule has 0 radical (unpaired) electrons. The quantitative estimate of drug-likeness (QED) is 0.663. The molecule has 0 aromatic heterocycles. The number of amides is 1. The summed E-state index contributed by atoms with van der Waals surface area (Å²) in [6, 6.07) is 0. The van der Waals surface area contributed by atoms with Gasteiger partial charge in [-0.15, -0.1) is 0 Å². The van der Waals surface area contributed by atoms with Crippen LogP contribution in [0.1, 0.15) is 55.5 Å². The van der Waals surface area contributed by atoms with Crippen molar-refractivity contribution in [2.75, 3.05) is 20.1 Å². The largest absolute Gasteiger partial charge is 0.464 e. The molecule has 0 bridgehead atoms. The summed E-state index contributed by atoms with van der Waals surface area (Å²) in [5, 5.41) is 10.00. The second kappa shape index (κ2) is 9.34. The molecule has 114 valence electrons. The average Bonchev–Trinajstić information content (AvgIpc) is 2.44. The lowest BCUT2D eigenvalue weighted by Crippen LogP contribution is -2.43. The van der Waals surface area contributed by atoms with E-state index in [1.165, 1.54) is 0 Å². The van der Waals surface area contributed by atoms with Gasteiger partial charge in [0.15, 0.2) is 5.96 Å². The zero-order valence-electron chi connectivity index (χ0n) is 14.7. The lowest BCUT2D eigenvalue weighted by atomic mass is 10.1. The summed E-state index contributed by atoms with van der Waals surface area (Å²) in [5.74, 6) is -1.73. The molecule has 0 aromatic rings. The van der Waals surface area contributed by atoms with Gasteiger partial charge in [0.2, 0.25) is 5.91 Å². The Bertz CT molecular complexity index is 427. The Kier molecular flexibility index (Phi) is 5.68. The topological polar surface area (TPSA) is 82.5 Å². The van der Waals surface area contributed by atoms with Gasteiger partial charge in [0.1, 0.15) is 6.54 Å². The Balaban J connectivity index is 2.71. The van der Waals surface area contributed by atoms with Crippen molar-refractivity contribution in [3.63, 3.8) is 0 Å². The van der Waals surface area contributed by atoms with E-state index in [1.54, 1.807) is 0 Å². The van der Waals surface area contributed by atoms with Gasteiger partial charge >= 0.3 is 5.97 Å². The summed E-state index contributed by atoms with van der Waals surface area (Å²) in [7, 11) is 0. The van der Waals surface area contributed by atoms with Crippen LogP contribution in [0.25, 0.3) is 0 Å². The van der Waals surface area contributed by atoms with Gasteiger partial charge < -0.3 is 9.64 Å².